The van der Waals surface area contributed by atoms with Crippen LogP contribution in [0.5, 0.6) is 0 Å². The van der Waals surface area contributed by atoms with Gasteiger partial charge in [-0.05, 0) is 31.7 Å². The van der Waals surface area contributed by atoms with E-state index >= 15 is 0 Å². The highest BCUT2D eigenvalue weighted by molar-refractivity contribution is 7.20. The third-order valence-electron chi connectivity index (χ3n) is 4.88. The first-order chi connectivity index (χ1) is 13.0. The second kappa shape index (κ2) is 7.19. The van der Waals surface area contributed by atoms with Crippen LogP contribution in [0.4, 0.5) is 9.52 Å². The minimum absolute atomic E-state index is 0.0621. The quantitative estimate of drug-likeness (QED) is 0.675. The monoisotopic (exact) mass is 386 g/mol. The van der Waals surface area contributed by atoms with Crippen LogP contribution in [0.2, 0.25) is 0 Å². The number of carbonyl (C=O) groups excluding carboxylic acids is 1. The first-order valence-electron chi connectivity index (χ1n) is 8.94. The standard InChI is InChI=1S/C19H19FN4O2S/c1-12-16(20)17(26)24-18(21-12)27-19(22-24)23-11-5-8-14(23)15(25)10-9-13-6-3-2-4-7-13/h2-4,6-7,14H,5,8-11H2,1H3/t14-/m1/s1. The molecule has 2 aromatic heterocycles. The largest absolute Gasteiger partial charge is 0.337 e. The SMILES string of the molecule is Cc1nc2sc(N3CCC[C@@H]3C(=O)CCc3ccccc3)nn2c(=O)c1F. The van der Waals surface area contributed by atoms with Crippen LogP contribution in [0.1, 0.15) is 30.5 Å². The molecule has 0 N–H and O–H groups in total. The molecule has 0 bridgehead atoms. The molecule has 3 heterocycles. The number of anilines is 1. The maximum Gasteiger partial charge on any atom is 0.311 e. The third-order valence-corrected chi connectivity index (χ3v) is 5.83. The molecule has 1 aliphatic rings. The van der Waals surface area contributed by atoms with Crippen molar-refractivity contribution in [2.24, 2.45) is 0 Å². The molecule has 140 valence electrons. The van der Waals surface area contributed by atoms with E-state index in [-0.39, 0.29) is 17.5 Å². The van der Waals surface area contributed by atoms with Gasteiger partial charge in [-0.15, -0.1) is 5.10 Å². The van der Waals surface area contributed by atoms with Gasteiger partial charge in [-0.1, -0.05) is 41.7 Å². The van der Waals surface area contributed by atoms with Crippen molar-refractivity contribution in [3.05, 3.63) is 57.8 Å². The molecule has 1 fully saturated rings. The molecule has 1 aliphatic heterocycles. The summed E-state index contributed by atoms with van der Waals surface area (Å²) in [5.41, 5.74) is 0.398. The van der Waals surface area contributed by atoms with Crippen molar-refractivity contribution in [2.45, 2.75) is 38.6 Å². The van der Waals surface area contributed by atoms with Crippen LogP contribution in [0.25, 0.3) is 4.96 Å². The number of halogens is 1. The molecule has 27 heavy (non-hydrogen) atoms. The second-order valence-corrected chi connectivity index (χ2v) is 7.63. The number of hydrogen-bond donors (Lipinski definition) is 0. The number of fused-ring (bicyclic) bond motifs is 1. The molecule has 8 heteroatoms. The van der Waals surface area contributed by atoms with Crippen molar-refractivity contribution in [1.82, 2.24) is 14.6 Å². The summed E-state index contributed by atoms with van der Waals surface area (Å²) in [4.78, 5) is 31.2. The van der Waals surface area contributed by atoms with E-state index in [4.69, 9.17) is 0 Å². The van der Waals surface area contributed by atoms with E-state index in [9.17, 15) is 14.0 Å². The van der Waals surface area contributed by atoms with Crippen molar-refractivity contribution < 1.29 is 9.18 Å². The van der Waals surface area contributed by atoms with Crippen LogP contribution in [-0.4, -0.2) is 33.0 Å². The zero-order valence-electron chi connectivity index (χ0n) is 14.9. The van der Waals surface area contributed by atoms with E-state index in [0.717, 1.165) is 22.9 Å². The predicted octanol–water partition coefficient (Wildman–Crippen LogP) is 2.77. The Morgan fingerprint density at radius 2 is 2.11 bits per heavy atom. The van der Waals surface area contributed by atoms with Crippen LogP contribution in [0, 0.1) is 12.7 Å². The van der Waals surface area contributed by atoms with Crippen LogP contribution in [0.15, 0.2) is 35.1 Å². The Morgan fingerprint density at radius 3 is 2.89 bits per heavy atom. The lowest BCUT2D eigenvalue weighted by Crippen LogP contribution is -2.36. The molecule has 0 radical (unpaired) electrons. The van der Waals surface area contributed by atoms with E-state index in [2.05, 4.69) is 10.1 Å². The average molecular weight is 386 g/mol. The fourth-order valence-corrected chi connectivity index (χ4v) is 4.46. The summed E-state index contributed by atoms with van der Waals surface area (Å²) in [6.45, 7) is 2.15. The molecular weight excluding hydrogens is 367 g/mol. The Balaban J connectivity index is 1.56. The summed E-state index contributed by atoms with van der Waals surface area (Å²) in [5, 5.41) is 4.78. The van der Waals surface area contributed by atoms with Gasteiger partial charge in [0, 0.05) is 13.0 Å². The minimum atomic E-state index is -0.888. The van der Waals surface area contributed by atoms with E-state index in [1.165, 1.54) is 18.3 Å². The zero-order valence-corrected chi connectivity index (χ0v) is 15.7. The van der Waals surface area contributed by atoms with Gasteiger partial charge in [-0.25, -0.2) is 4.98 Å². The molecule has 0 aliphatic carbocycles. The minimum Gasteiger partial charge on any atom is -0.337 e. The summed E-state index contributed by atoms with van der Waals surface area (Å²) in [6, 6.07) is 9.67. The van der Waals surface area contributed by atoms with Crippen LogP contribution < -0.4 is 10.5 Å². The van der Waals surface area contributed by atoms with Gasteiger partial charge in [0.2, 0.25) is 15.9 Å². The molecule has 3 aromatic rings. The van der Waals surface area contributed by atoms with Gasteiger partial charge in [0.15, 0.2) is 5.78 Å². The summed E-state index contributed by atoms with van der Waals surface area (Å²) >= 11 is 1.21. The number of ketones is 1. The van der Waals surface area contributed by atoms with Crippen molar-refractivity contribution in [3.8, 4) is 0 Å². The van der Waals surface area contributed by atoms with E-state index in [0.29, 0.717) is 29.5 Å². The lowest BCUT2D eigenvalue weighted by atomic mass is 10.0. The Kier molecular flexibility index (Phi) is 4.73. The Labute approximate surface area is 159 Å². The second-order valence-electron chi connectivity index (χ2n) is 6.70. The number of rotatable bonds is 5. The van der Waals surface area contributed by atoms with E-state index in [1.54, 1.807) is 0 Å². The van der Waals surface area contributed by atoms with Crippen LogP contribution in [0.3, 0.4) is 0 Å². The smallest absolute Gasteiger partial charge is 0.311 e. The highest BCUT2D eigenvalue weighted by atomic mass is 32.1. The summed E-state index contributed by atoms with van der Waals surface area (Å²) in [7, 11) is 0. The van der Waals surface area contributed by atoms with Crippen LogP contribution in [-0.2, 0) is 11.2 Å². The average Bonchev–Trinajstić information content (AvgIpc) is 3.32. The zero-order chi connectivity index (χ0) is 19.0. The van der Waals surface area contributed by atoms with Gasteiger partial charge in [0.25, 0.3) is 0 Å². The fraction of sp³-hybridized carbons (Fsp3) is 0.368. The molecule has 0 unspecified atom stereocenters. The number of benzene rings is 1. The molecule has 0 spiro atoms. The van der Waals surface area contributed by atoms with E-state index in [1.807, 2.05) is 35.2 Å². The highest BCUT2D eigenvalue weighted by Gasteiger charge is 2.32. The maximum absolute atomic E-state index is 13.8. The number of nitrogens with zero attached hydrogens (tertiary/aromatic N) is 4. The van der Waals surface area contributed by atoms with Crippen molar-refractivity contribution in [2.75, 3.05) is 11.4 Å². The topological polar surface area (TPSA) is 67.6 Å². The Bertz CT molecular complexity index is 1050. The van der Waals surface area contributed by atoms with Gasteiger partial charge in [-0.3, -0.25) is 9.59 Å². The van der Waals surface area contributed by atoms with Gasteiger partial charge >= 0.3 is 5.56 Å². The number of carbonyl (C=O) groups is 1. The summed E-state index contributed by atoms with van der Waals surface area (Å²) in [6.07, 6.45) is 2.81. The third kappa shape index (κ3) is 3.37. The van der Waals surface area contributed by atoms with Gasteiger partial charge in [-0.2, -0.15) is 8.91 Å². The number of aromatic nitrogens is 3. The van der Waals surface area contributed by atoms with Gasteiger partial charge in [0.05, 0.1) is 11.7 Å². The lowest BCUT2D eigenvalue weighted by molar-refractivity contribution is -0.120. The fourth-order valence-electron chi connectivity index (χ4n) is 3.44. The number of aryl methyl sites for hydroxylation is 2. The molecule has 1 aromatic carbocycles. The maximum atomic E-state index is 13.8. The highest BCUT2D eigenvalue weighted by Crippen LogP contribution is 2.30. The van der Waals surface area contributed by atoms with E-state index < -0.39 is 11.4 Å². The predicted molar refractivity (Wildman–Crippen MR) is 102 cm³/mol. The first-order valence-corrected chi connectivity index (χ1v) is 9.75. The molecular formula is C19H19FN4O2S. The molecule has 1 saturated heterocycles. The van der Waals surface area contributed by atoms with Gasteiger partial charge in [0.1, 0.15) is 0 Å². The molecule has 0 amide bonds. The van der Waals surface area contributed by atoms with Gasteiger partial charge < -0.3 is 4.90 Å². The molecule has 6 nitrogen and oxygen atoms in total. The molecule has 4 rings (SSSR count). The van der Waals surface area contributed by atoms with Crippen molar-refractivity contribution in [3.63, 3.8) is 0 Å². The van der Waals surface area contributed by atoms with Crippen molar-refractivity contribution >= 4 is 27.2 Å². The molecule has 0 saturated carbocycles. The number of hydrogen-bond acceptors (Lipinski definition) is 6. The van der Waals surface area contributed by atoms with Crippen LogP contribution >= 0.6 is 11.3 Å². The summed E-state index contributed by atoms with van der Waals surface area (Å²) in [5.74, 6) is -0.723. The lowest BCUT2D eigenvalue weighted by Gasteiger charge is -2.22. The normalized spacial score (nSPS) is 17.0. The summed E-state index contributed by atoms with van der Waals surface area (Å²) < 4.78 is 14.8. The van der Waals surface area contributed by atoms with Crippen molar-refractivity contribution in [1.29, 1.82) is 0 Å². The Morgan fingerprint density at radius 1 is 1.33 bits per heavy atom. The number of Topliss-reactive ketones (excluding diaryl/α,β-unsaturated/α-hetero) is 1. The molecule has 1 atom stereocenters. The first kappa shape index (κ1) is 17.8. The Hall–Kier alpha value is -2.61.